The molecule has 5 nitrogen and oxygen atoms in total. The van der Waals surface area contributed by atoms with E-state index in [1.54, 1.807) is 36.4 Å². The van der Waals surface area contributed by atoms with Crippen molar-refractivity contribution in [2.45, 2.75) is 6.42 Å². The molecule has 0 aromatic heterocycles. The zero-order valence-corrected chi connectivity index (χ0v) is 12.7. The third kappa shape index (κ3) is 3.52. The van der Waals surface area contributed by atoms with Crippen molar-refractivity contribution in [3.63, 3.8) is 0 Å². The highest BCUT2D eigenvalue weighted by Crippen LogP contribution is 2.24. The van der Waals surface area contributed by atoms with Crippen molar-refractivity contribution in [3.8, 4) is 0 Å². The number of nitrogens with zero attached hydrogens (tertiary/aromatic N) is 2. The summed E-state index contributed by atoms with van der Waals surface area (Å²) in [7, 11) is 0. The molecule has 2 aromatic rings. The summed E-state index contributed by atoms with van der Waals surface area (Å²) in [4.78, 5) is 32.1. The number of halogens is 1. The number of nitrogens with one attached hydrogen (secondary N) is 1. The van der Waals surface area contributed by atoms with Crippen LogP contribution in [0, 0.1) is 0 Å². The van der Waals surface area contributed by atoms with Crippen LogP contribution in [0.4, 0.5) is 11.4 Å². The molecule has 3 rings (SSSR count). The number of amides is 1. The maximum atomic E-state index is 11.7. The van der Waals surface area contributed by atoms with Crippen LogP contribution >= 0.6 is 11.6 Å². The minimum atomic E-state index is -0.692. The van der Waals surface area contributed by atoms with Gasteiger partial charge in [-0.15, -0.1) is 0 Å². The van der Waals surface area contributed by atoms with Gasteiger partial charge in [0.1, 0.15) is 0 Å². The van der Waals surface area contributed by atoms with E-state index >= 15 is 0 Å². The number of amidine groups is 1. The molecule has 1 aliphatic rings. The third-order valence-electron chi connectivity index (χ3n) is 3.19. The van der Waals surface area contributed by atoms with E-state index in [1.165, 1.54) is 0 Å². The highest BCUT2D eigenvalue weighted by molar-refractivity contribution is 6.59. The van der Waals surface area contributed by atoms with Gasteiger partial charge in [0.25, 0.3) is 5.91 Å². The Labute approximate surface area is 137 Å². The summed E-state index contributed by atoms with van der Waals surface area (Å²) in [5.74, 6) is -0.993. The molecule has 0 atom stereocenters. The van der Waals surface area contributed by atoms with E-state index in [0.717, 1.165) is 0 Å². The standard InChI is InChI=1S/C17H12ClN3O2/c18-12-8-4-5-9-13(12)20-16-14(10-15(22)17(23)21-16)19-11-6-2-1-3-7-11/h1-9H,10H2,(H,20,21,23). The second-order valence-corrected chi connectivity index (χ2v) is 5.27. The Balaban J connectivity index is 2.04. The lowest BCUT2D eigenvalue weighted by Gasteiger charge is -2.16. The molecule has 1 aliphatic heterocycles. The van der Waals surface area contributed by atoms with E-state index in [1.807, 2.05) is 18.2 Å². The quantitative estimate of drug-likeness (QED) is 0.861. The summed E-state index contributed by atoms with van der Waals surface area (Å²) in [6.45, 7) is 0. The van der Waals surface area contributed by atoms with Gasteiger partial charge in [0.2, 0.25) is 5.78 Å². The highest BCUT2D eigenvalue weighted by Gasteiger charge is 2.28. The van der Waals surface area contributed by atoms with Crippen LogP contribution in [0.15, 0.2) is 64.6 Å². The van der Waals surface area contributed by atoms with Gasteiger partial charge in [0, 0.05) is 0 Å². The number of hydrogen-bond acceptors (Lipinski definition) is 4. The van der Waals surface area contributed by atoms with E-state index in [9.17, 15) is 9.59 Å². The Bertz CT molecular complexity index is 829. The molecular formula is C17H12ClN3O2. The summed E-state index contributed by atoms with van der Waals surface area (Å²) in [6, 6.07) is 16.2. The van der Waals surface area contributed by atoms with Gasteiger partial charge in [-0.1, -0.05) is 41.9 Å². The predicted molar refractivity (Wildman–Crippen MR) is 89.9 cm³/mol. The van der Waals surface area contributed by atoms with E-state index in [2.05, 4.69) is 15.3 Å². The summed E-state index contributed by atoms with van der Waals surface area (Å²) < 4.78 is 0. The number of aliphatic imine (C=N–C) groups is 2. The van der Waals surface area contributed by atoms with Crippen molar-refractivity contribution in [3.05, 3.63) is 59.6 Å². The van der Waals surface area contributed by atoms with Gasteiger partial charge in [0.05, 0.1) is 28.5 Å². The number of carbonyl (C=O) groups is 2. The van der Waals surface area contributed by atoms with Crippen molar-refractivity contribution in [2.24, 2.45) is 9.98 Å². The zero-order valence-electron chi connectivity index (χ0n) is 12.0. The van der Waals surface area contributed by atoms with Gasteiger partial charge in [0.15, 0.2) is 5.84 Å². The third-order valence-corrected chi connectivity index (χ3v) is 3.51. The molecule has 0 bridgehead atoms. The van der Waals surface area contributed by atoms with E-state index in [-0.39, 0.29) is 12.3 Å². The predicted octanol–water partition coefficient (Wildman–Crippen LogP) is 3.23. The monoisotopic (exact) mass is 325 g/mol. The fraction of sp³-hybridized carbons (Fsp3) is 0.0588. The Morgan fingerprint density at radius 2 is 1.61 bits per heavy atom. The Morgan fingerprint density at radius 1 is 0.913 bits per heavy atom. The molecule has 1 amide bonds. The first-order valence-electron chi connectivity index (χ1n) is 6.94. The Morgan fingerprint density at radius 3 is 2.35 bits per heavy atom. The van der Waals surface area contributed by atoms with Gasteiger partial charge in [-0.2, -0.15) is 0 Å². The normalized spacial score (nSPS) is 18.3. The largest absolute Gasteiger partial charge is 0.302 e. The fourth-order valence-corrected chi connectivity index (χ4v) is 2.25. The second kappa shape index (κ2) is 6.54. The van der Waals surface area contributed by atoms with Crippen LogP contribution in [0.5, 0.6) is 0 Å². The first-order chi connectivity index (χ1) is 11.1. The molecule has 0 saturated carbocycles. The number of benzene rings is 2. The van der Waals surface area contributed by atoms with E-state index < -0.39 is 11.7 Å². The molecule has 0 spiro atoms. The van der Waals surface area contributed by atoms with Crippen molar-refractivity contribution in [1.29, 1.82) is 0 Å². The first-order valence-corrected chi connectivity index (χ1v) is 7.31. The molecule has 0 unspecified atom stereocenters. The summed E-state index contributed by atoms with van der Waals surface area (Å²) in [5.41, 5.74) is 1.58. The molecular weight excluding hydrogens is 314 g/mol. The number of piperidine rings is 1. The molecule has 1 heterocycles. The van der Waals surface area contributed by atoms with Gasteiger partial charge in [-0.3, -0.25) is 9.59 Å². The summed E-state index contributed by atoms with van der Waals surface area (Å²) in [6.07, 6.45) is -0.0932. The molecule has 2 aromatic carbocycles. The number of ketones is 1. The second-order valence-electron chi connectivity index (χ2n) is 4.86. The van der Waals surface area contributed by atoms with E-state index in [0.29, 0.717) is 22.1 Å². The van der Waals surface area contributed by atoms with Crippen molar-refractivity contribution >= 4 is 46.2 Å². The lowest BCUT2D eigenvalue weighted by Crippen LogP contribution is -2.47. The fourth-order valence-electron chi connectivity index (χ4n) is 2.07. The van der Waals surface area contributed by atoms with Crippen LogP contribution < -0.4 is 5.32 Å². The first kappa shape index (κ1) is 15.1. The van der Waals surface area contributed by atoms with Crippen LogP contribution in [0.25, 0.3) is 0 Å². The van der Waals surface area contributed by atoms with Crippen LogP contribution in [0.1, 0.15) is 6.42 Å². The minimum Gasteiger partial charge on any atom is -0.302 e. The molecule has 0 aliphatic carbocycles. The average molecular weight is 326 g/mol. The smallest absolute Gasteiger partial charge is 0.293 e. The average Bonchev–Trinajstić information content (AvgIpc) is 2.55. The minimum absolute atomic E-state index is 0.0932. The van der Waals surface area contributed by atoms with Crippen LogP contribution in [0.3, 0.4) is 0 Å². The maximum Gasteiger partial charge on any atom is 0.293 e. The number of Topliss-reactive ketones (excluding diaryl/α,β-unsaturated/α-hetero) is 1. The Hall–Kier alpha value is -2.79. The topological polar surface area (TPSA) is 70.9 Å². The van der Waals surface area contributed by atoms with Gasteiger partial charge >= 0.3 is 0 Å². The van der Waals surface area contributed by atoms with Crippen molar-refractivity contribution < 1.29 is 9.59 Å². The van der Waals surface area contributed by atoms with Gasteiger partial charge in [-0.05, 0) is 24.3 Å². The number of rotatable bonds is 2. The maximum absolute atomic E-state index is 11.7. The van der Waals surface area contributed by atoms with Crippen molar-refractivity contribution in [2.75, 3.05) is 0 Å². The van der Waals surface area contributed by atoms with E-state index in [4.69, 9.17) is 11.6 Å². The Kier molecular flexibility index (Phi) is 4.30. The molecule has 23 heavy (non-hydrogen) atoms. The molecule has 6 heteroatoms. The highest BCUT2D eigenvalue weighted by atomic mass is 35.5. The SMILES string of the molecule is O=C1CC(=Nc2ccccc2)C(=Nc2ccccc2Cl)NC1=O. The van der Waals surface area contributed by atoms with Gasteiger partial charge < -0.3 is 5.32 Å². The lowest BCUT2D eigenvalue weighted by molar-refractivity contribution is -0.136. The number of para-hydroxylation sites is 2. The van der Waals surface area contributed by atoms with Crippen molar-refractivity contribution in [1.82, 2.24) is 5.32 Å². The number of hydrogen-bond donors (Lipinski definition) is 1. The van der Waals surface area contributed by atoms with Crippen LogP contribution in [0.2, 0.25) is 5.02 Å². The summed E-state index contributed by atoms with van der Waals surface area (Å²) >= 11 is 6.09. The molecule has 114 valence electrons. The van der Waals surface area contributed by atoms with Crippen LogP contribution in [-0.2, 0) is 9.59 Å². The summed E-state index contributed by atoms with van der Waals surface area (Å²) in [5, 5.41) is 2.93. The zero-order chi connectivity index (χ0) is 16.2. The molecule has 1 saturated heterocycles. The number of carbonyl (C=O) groups excluding carboxylic acids is 2. The van der Waals surface area contributed by atoms with Gasteiger partial charge in [-0.25, -0.2) is 9.98 Å². The lowest BCUT2D eigenvalue weighted by atomic mass is 10.1. The molecule has 1 N–H and O–H groups in total. The molecule has 0 radical (unpaired) electrons. The van der Waals surface area contributed by atoms with Crippen LogP contribution in [-0.4, -0.2) is 23.2 Å². The molecule has 1 fully saturated rings.